The summed E-state index contributed by atoms with van der Waals surface area (Å²) >= 11 is 0. The van der Waals surface area contributed by atoms with Crippen molar-refractivity contribution in [3.05, 3.63) is 23.8 Å². The van der Waals surface area contributed by atoms with E-state index in [1.54, 1.807) is 25.2 Å². The summed E-state index contributed by atoms with van der Waals surface area (Å²) in [4.78, 5) is 13.6. The lowest BCUT2D eigenvalue weighted by Gasteiger charge is -2.21. The number of ether oxygens (including phenoxy) is 2. The molecule has 1 rings (SSSR count). The Hall–Kier alpha value is -1.79. The number of carbonyl (C=O) groups excluding carboxylic acids is 1. The van der Waals surface area contributed by atoms with Crippen LogP contribution in [0.3, 0.4) is 0 Å². The molecule has 0 saturated heterocycles. The predicted molar refractivity (Wildman–Crippen MR) is 72.2 cm³/mol. The Morgan fingerprint density at radius 3 is 2.74 bits per heavy atom. The Morgan fingerprint density at radius 1 is 1.47 bits per heavy atom. The molecule has 6 heteroatoms. The van der Waals surface area contributed by atoms with E-state index in [1.165, 1.54) is 19.1 Å². The molecular formula is C13H20N2O4. The average Bonchev–Trinajstić information content (AvgIpc) is 2.38. The number of likely N-dealkylation sites (N-methyl/N-ethyl adjacent to an activating group) is 1. The number of hydrogen-bond donors (Lipinski definition) is 2. The molecule has 0 aromatic heterocycles. The van der Waals surface area contributed by atoms with E-state index in [4.69, 9.17) is 15.2 Å². The number of nitrogens with two attached hydrogens (primary N) is 1. The third kappa shape index (κ3) is 3.84. The van der Waals surface area contributed by atoms with E-state index in [1.807, 2.05) is 0 Å². The fourth-order valence-electron chi connectivity index (χ4n) is 1.76. The van der Waals surface area contributed by atoms with Gasteiger partial charge in [0.05, 0.1) is 31.1 Å². The lowest BCUT2D eigenvalue weighted by Crippen LogP contribution is -2.36. The van der Waals surface area contributed by atoms with Crippen LogP contribution in [0.5, 0.6) is 5.75 Å². The number of aliphatic hydroxyl groups is 1. The molecule has 0 aliphatic rings. The van der Waals surface area contributed by atoms with Crippen LogP contribution in [0.2, 0.25) is 0 Å². The minimum absolute atomic E-state index is 0.170. The van der Waals surface area contributed by atoms with Crippen molar-refractivity contribution in [3.63, 3.8) is 0 Å². The Morgan fingerprint density at radius 2 is 2.16 bits per heavy atom. The molecule has 3 N–H and O–H groups in total. The highest BCUT2D eigenvalue weighted by Gasteiger charge is 2.19. The molecule has 1 amide bonds. The lowest BCUT2D eigenvalue weighted by molar-refractivity contribution is 0.0380. The summed E-state index contributed by atoms with van der Waals surface area (Å²) in [5, 5.41) is 9.61. The van der Waals surface area contributed by atoms with Crippen molar-refractivity contribution in [2.45, 2.75) is 6.10 Å². The van der Waals surface area contributed by atoms with Gasteiger partial charge in [-0.15, -0.1) is 0 Å². The summed E-state index contributed by atoms with van der Waals surface area (Å²) in [6.07, 6.45) is -0.731. The van der Waals surface area contributed by atoms with Crippen LogP contribution < -0.4 is 10.5 Å². The third-order valence-corrected chi connectivity index (χ3v) is 2.71. The summed E-state index contributed by atoms with van der Waals surface area (Å²) in [6.45, 7) is 0.342. The Balaban J connectivity index is 2.82. The Labute approximate surface area is 112 Å². The van der Waals surface area contributed by atoms with Crippen LogP contribution in [0.4, 0.5) is 5.69 Å². The summed E-state index contributed by atoms with van der Waals surface area (Å²) in [5.41, 5.74) is 6.51. The van der Waals surface area contributed by atoms with Crippen molar-refractivity contribution in [1.82, 2.24) is 4.90 Å². The maximum atomic E-state index is 12.2. The first-order valence-electron chi connectivity index (χ1n) is 5.86. The van der Waals surface area contributed by atoms with Gasteiger partial charge in [0.1, 0.15) is 5.75 Å². The van der Waals surface area contributed by atoms with Gasteiger partial charge in [0.15, 0.2) is 0 Å². The summed E-state index contributed by atoms with van der Waals surface area (Å²) in [6, 6.07) is 5.01. The van der Waals surface area contributed by atoms with E-state index >= 15 is 0 Å². The number of carbonyl (C=O) groups is 1. The van der Waals surface area contributed by atoms with Crippen molar-refractivity contribution < 1.29 is 19.4 Å². The highest BCUT2D eigenvalue weighted by molar-refractivity contribution is 6.00. The zero-order valence-corrected chi connectivity index (χ0v) is 11.4. The van der Waals surface area contributed by atoms with Gasteiger partial charge in [-0.1, -0.05) is 6.07 Å². The van der Waals surface area contributed by atoms with Crippen LogP contribution >= 0.6 is 0 Å². The molecule has 6 nitrogen and oxygen atoms in total. The van der Waals surface area contributed by atoms with Crippen LogP contribution in [0.15, 0.2) is 18.2 Å². The fraction of sp³-hybridized carbons (Fsp3) is 0.462. The van der Waals surface area contributed by atoms with Gasteiger partial charge in [-0.05, 0) is 12.1 Å². The topological polar surface area (TPSA) is 85.0 Å². The number of aliphatic hydroxyl groups excluding tert-OH is 1. The maximum Gasteiger partial charge on any atom is 0.255 e. The van der Waals surface area contributed by atoms with E-state index < -0.39 is 6.10 Å². The highest BCUT2D eigenvalue weighted by Crippen LogP contribution is 2.25. The molecule has 1 aromatic carbocycles. The van der Waals surface area contributed by atoms with E-state index in [2.05, 4.69) is 0 Å². The second-order valence-corrected chi connectivity index (χ2v) is 4.22. The molecule has 0 spiro atoms. The molecule has 0 saturated carbocycles. The average molecular weight is 268 g/mol. The van der Waals surface area contributed by atoms with Gasteiger partial charge in [-0.3, -0.25) is 4.79 Å². The number of anilines is 1. The second kappa shape index (κ2) is 6.96. The van der Waals surface area contributed by atoms with Gasteiger partial charge in [0.2, 0.25) is 0 Å². The van der Waals surface area contributed by atoms with Gasteiger partial charge < -0.3 is 25.2 Å². The fourth-order valence-corrected chi connectivity index (χ4v) is 1.76. The van der Waals surface area contributed by atoms with Crippen LogP contribution in [0.25, 0.3) is 0 Å². The zero-order valence-electron chi connectivity index (χ0n) is 11.4. The van der Waals surface area contributed by atoms with Crippen LogP contribution in [-0.4, -0.2) is 56.4 Å². The molecular weight excluding hydrogens is 248 g/mol. The first-order valence-corrected chi connectivity index (χ1v) is 5.86. The monoisotopic (exact) mass is 268 g/mol. The summed E-state index contributed by atoms with van der Waals surface area (Å²) < 4.78 is 9.89. The molecule has 0 bridgehead atoms. The number of rotatable bonds is 6. The van der Waals surface area contributed by atoms with Crippen molar-refractivity contribution in [2.75, 3.05) is 40.2 Å². The third-order valence-electron chi connectivity index (χ3n) is 2.71. The van der Waals surface area contributed by atoms with E-state index in [9.17, 15) is 9.90 Å². The van der Waals surface area contributed by atoms with Crippen molar-refractivity contribution in [1.29, 1.82) is 0 Å². The van der Waals surface area contributed by atoms with E-state index in [0.717, 1.165) is 0 Å². The normalized spacial score (nSPS) is 12.0. The van der Waals surface area contributed by atoms with Crippen LogP contribution in [0, 0.1) is 0 Å². The van der Waals surface area contributed by atoms with Gasteiger partial charge in [0.25, 0.3) is 5.91 Å². The second-order valence-electron chi connectivity index (χ2n) is 4.22. The van der Waals surface area contributed by atoms with Gasteiger partial charge in [-0.2, -0.15) is 0 Å². The molecule has 1 aromatic rings. The summed E-state index contributed by atoms with van der Waals surface area (Å²) in [5.74, 6) is 0.184. The zero-order chi connectivity index (χ0) is 14.4. The molecule has 0 fully saturated rings. The van der Waals surface area contributed by atoms with E-state index in [-0.39, 0.29) is 19.1 Å². The molecule has 0 aliphatic carbocycles. The van der Waals surface area contributed by atoms with Crippen molar-refractivity contribution >= 4 is 11.6 Å². The van der Waals surface area contributed by atoms with Gasteiger partial charge >= 0.3 is 0 Å². The smallest absolute Gasteiger partial charge is 0.255 e. The summed E-state index contributed by atoms with van der Waals surface area (Å²) in [7, 11) is 4.58. The number of benzene rings is 1. The SMILES string of the molecule is COCC(O)CN(C)C(=O)c1cccc(OC)c1N. The van der Waals surface area contributed by atoms with Crippen LogP contribution in [-0.2, 0) is 4.74 Å². The number of para-hydroxylation sites is 1. The number of nitrogen functional groups attached to an aromatic ring is 1. The van der Waals surface area contributed by atoms with Crippen LogP contribution in [0.1, 0.15) is 10.4 Å². The minimum Gasteiger partial charge on any atom is -0.495 e. The van der Waals surface area contributed by atoms with Crippen molar-refractivity contribution in [2.24, 2.45) is 0 Å². The number of hydrogen-bond acceptors (Lipinski definition) is 5. The lowest BCUT2D eigenvalue weighted by atomic mass is 10.1. The Bertz CT molecular complexity index is 437. The minimum atomic E-state index is -0.731. The molecule has 106 valence electrons. The first kappa shape index (κ1) is 15.3. The predicted octanol–water partition coefficient (Wildman–Crippen LogP) is 0.357. The first-order chi connectivity index (χ1) is 9.01. The molecule has 1 atom stereocenters. The molecule has 1 unspecified atom stereocenters. The van der Waals surface area contributed by atoms with Gasteiger partial charge in [0, 0.05) is 20.7 Å². The molecule has 0 aliphatic heterocycles. The van der Waals surface area contributed by atoms with Gasteiger partial charge in [-0.25, -0.2) is 0 Å². The molecule has 19 heavy (non-hydrogen) atoms. The highest BCUT2D eigenvalue weighted by atomic mass is 16.5. The largest absolute Gasteiger partial charge is 0.495 e. The number of amides is 1. The number of nitrogens with zero attached hydrogens (tertiary/aromatic N) is 1. The maximum absolute atomic E-state index is 12.2. The Kier molecular flexibility index (Phi) is 5.59. The quantitative estimate of drug-likeness (QED) is 0.727. The molecule has 0 radical (unpaired) electrons. The molecule has 0 heterocycles. The number of methoxy groups -OCH3 is 2. The van der Waals surface area contributed by atoms with Crippen molar-refractivity contribution in [3.8, 4) is 5.75 Å². The van der Waals surface area contributed by atoms with E-state index in [0.29, 0.717) is 17.0 Å². The standard InChI is InChI=1S/C13H20N2O4/c1-15(7-9(16)8-18-2)13(17)10-5-4-6-11(19-3)12(10)14/h4-6,9,16H,7-8,14H2,1-3H3.